The van der Waals surface area contributed by atoms with Crippen LogP contribution < -0.4 is 5.32 Å². The second kappa shape index (κ2) is 5.14. The number of nitrogens with zero attached hydrogens (tertiary/aromatic N) is 1. The van der Waals surface area contributed by atoms with Crippen LogP contribution in [-0.2, 0) is 6.54 Å². The maximum Gasteiger partial charge on any atom is 0.0300 e. The third-order valence-corrected chi connectivity index (χ3v) is 2.05. The number of nitrogens with one attached hydrogen (secondary N) is 1. The minimum Gasteiger partial charge on any atom is -0.308 e. The highest BCUT2D eigenvalue weighted by molar-refractivity contribution is 9.11. The molecule has 0 aromatic carbocycles. The molecule has 1 N–H and O–H groups in total. The van der Waals surface area contributed by atoms with Gasteiger partial charge in [-0.3, -0.25) is 4.98 Å². The largest absolute Gasteiger partial charge is 0.308 e. The molecule has 0 bridgehead atoms. The monoisotopic (exact) mass is 240 g/mol. The molecule has 2 nitrogen and oxygen atoms in total. The highest BCUT2D eigenvalue weighted by Crippen LogP contribution is 2.05. The van der Waals surface area contributed by atoms with Crippen LogP contribution in [0.1, 0.15) is 11.1 Å². The van der Waals surface area contributed by atoms with Crippen molar-refractivity contribution in [3.05, 3.63) is 40.6 Å². The predicted molar refractivity (Wildman–Crippen MR) is 58.7 cm³/mol. The van der Waals surface area contributed by atoms with Crippen molar-refractivity contribution in [1.29, 1.82) is 0 Å². The Morgan fingerprint density at radius 2 is 2.46 bits per heavy atom. The molecule has 0 radical (unpaired) electrons. The van der Waals surface area contributed by atoms with Gasteiger partial charge in [-0.2, -0.15) is 0 Å². The first kappa shape index (κ1) is 10.4. The molecule has 0 spiro atoms. The third-order valence-electron chi connectivity index (χ3n) is 1.77. The molecule has 0 unspecified atom stereocenters. The number of rotatable bonds is 4. The first-order chi connectivity index (χ1) is 6.20. The average molecular weight is 241 g/mol. The molecule has 1 aromatic heterocycles. The lowest BCUT2D eigenvalue weighted by atomic mass is 10.1. The molecule has 1 aromatic rings. The molecule has 0 aliphatic heterocycles. The van der Waals surface area contributed by atoms with Crippen LogP contribution in [0, 0.1) is 6.92 Å². The van der Waals surface area contributed by atoms with Crippen LogP contribution in [0.5, 0.6) is 0 Å². The van der Waals surface area contributed by atoms with Gasteiger partial charge in [0.15, 0.2) is 0 Å². The summed E-state index contributed by atoms with van der Waals surface area (Å²) in [6.07, 6.45) is 3.69. The average Bonchev–Trinajstić information content (AvgIpc) is 2.08. The van der Waals surface area contributed by atoms with E-state index < -0.39 is 0 Å². The lowest BCUT2D eigenvalue weighted by Crippen LogP contribution is -2.15. The molecule has 0 aliphatic rings. The van der Waals surface area contributed by atoms with Crippen molar-refractivity contribution < 1.29 is 0 Å². The summed E-state index contributed by atoms with van der Waals surface area (Å²) in [5.74, 6) is 0. The van der Waals surface area contributed by atoms with Crippen molar-refractivity contribution in [2.75, 3.05) is 6.54 Å². The van der Waals surface area contributed by atoms with Gasteiger partial charge in [0.2, 0.25) is 0 Å². The van der Waals surface area contributed by atoms with Gasteiger partial charge in [0.05, 0.1) is 0 Å². The van der Waals surface area contributed by atoms with Crippen molar-refractivity contribution in [1.82, 2.24) is 10.3 Å². The molecule has 0 saturated heterocycles. The molecule has 70 valence electrons. The number of aromatic nitrogens is 1. The molecule has 1 rings (SSSR count). The Morgan fingerprint density at radius 1 is 1.69 bits per heavy atom. The van der Waals surface area contributed by atoms with Crippen LogP contribution in [-0.4, -0.2) is 11.5 Å². The Morgan fingerprint density at radius 3 is 3.08 bits per heavy atom. The molecule has 0 atom stereocenters. The van der Waals surface area contributed by atoms with E-state index in [4.69, 9.17) is 0 Å². The van der Waals surface area contributed by atoms with Gasteiger partial charge in [0.1, 0.15) is 0 Å². The van der Waals surface area contributed by atoms with E-state index in [1.54, 1.807) is 0 Å². The molecule has 0 saturated carbocycles. The summed E-state index contributed by atoms with van der Waals surface area (Å²) >= 11 is 3.30. The van der Waals surface area contributed by atoms with E-state index in [9.17, 15) is 0 Å². The van der Waals surface area contributed by atoms with E-state index in [1.807, 2.05) is 18.5 Å². The zero-order chi connectivity index (χ0) is 9.68. The predicted octanol–water partition coefficient (Wildman–Crippen LogP) is 2.39. The van der Waals surface area contributed by atoms with Gasteiger partial charge in [-0.15, -0.1) is 0 Å². The number of halogens is 1. The molecule has 1 heterocycles. The SMILES string of the molecule is C=C(Br)CNCc1ccncc1C. The Kier molecular flexibility index (Phi) is 4.12. The van der Waals surface area contributed by atoms with Crippen molar-refractivity contribution in [3.63, 3.8) is 0 Å². The van der Waals surface area contributed by atoms with E-state index in [0.29, 0.717) is 0 Å². The number of aryl methyl sites for hydroxylation is 1. The molecule has 13 heavy (non-hydrogen) atoms. The fourth-order valence-electron chi connectivity index (χ4n) is 1.03. The Bertz CT molecular complexity index is 297. The first-order valence-electron chi connectivity index (χ1n) is 4.13. The van der Waals surface area contributed by atoms with Gasteiger partial charge < -0.3 is 5.32 Å². The molecular weight excluding hydrogens is 228 g/mol. The minimum atomic E-state index is 0.793. The summed E-state index contributed by atoms with van der Waals surface area (Å²) in [7, 11) is 0. The summed E-state index contributed by atoms with van der Waals surface area (Å²) in [6, 6.07) is 2.03. The van der Waals surface area contributed by atoms with Gasteiger partial charge in [0, 0.05) is 30.0 Å². The maximum absolute atomic E-state index is 4.03. The smallest absolute Gasteiger partial charge is 0.0300 e. The minimum absolute atomic E-state index is 0.793. The highest BCUT2D eigenvalue weighted by Gasteiger charge is 1.96. The maximum atomic E-state index is 4.03. The summed E-state index contributed by atoms with van der Waals surface area (Å²) < 4.78 is 0.971. The van der Waals surface area contributed by atoms with Crippen molar-refractivity contribution in [2.24, 2.45) is 0 Å². The van der Waals surface area contributed by atoms with Crippen LogP contribution in [0.15, 0.2) is 29.5 Å². The summed E-state index contributed by atoms with van der Waals surface area (Å²) in [4.78, 5) is 4.03. The normalized spacial score (nSPS) is 10.0. The van der Waals surface area contributed by atoms with Gasteiger partial charge in [-0.05, 0) is 24.1 Å². The molecule has 0 amide bonds. The molecule has 3 heteroatoms. The Labute approximate surface area is 87.2 Å². The molecule has 0 aliphatic carbocycles. The highest BCUT2D eigenvalue weighted by atomic mass is 79.9. The summed E-state index contributed by atoms with van der Waals surface area (Å²) in [5, 5.41) is 3.27. The van der Waals surface area contributed by atoms with Crippen molar-refractivity contribution >= 4 is 15.9 Å². The molecule has 0 fully saturated rings. The fraction of sp³-hybridized carbons (Fsp3) is 0.300. The van der Waals surface area contributed by atoms with E-state index in [-0.39, 0.29) is 0 Å². The first-order valence-corrected chi connectivity index (χ1v) is 4.93. The number of hydrogen-bond acceptors (Lipinski definition) is 2. The lowest BCUT2D eigenvalue weighted by molar-refractivity contribution is 0.751. The third kappa shape index (κ3) is 3.70. The molecular formula is C10H13BrN2. The zero-order valence-corrected chi connectivity index (χ0v) is 9.26. The Balaban J connectivity index is 2.45. The topological polar surface area (TPSA) is 24.9 Å². The quantitative estimate of drug-likeness (QED) is 0.875. The van der Waals surface area contributed by atoms with Gasteiger partial charge in [0.25, 0.3) is 0 Å². The second-order valence-corrected chi connectivity index (χ2v) is 4.04. The summed E-state index contributed by atoms with van der Waals surface area (Å²) in [6.45, 7) is 7.47. The Hall–Kier alpha value is -0.670. The standard InChI is InChI=1S/C10H13BrN2/c1-8-5-12-4-3-10(8)7-13-6-9(2)11/h3-5,13H,2,6-7H2,1H3. The van der Waals surface area contributed by atoms with Crippen LogP contribution >= 0.6 is 15.9 Å². The van der Waals surface area contributed by atoms with Crippen molar-refractivity contribution in [3.8, 4) is 0 Å². The van der Waals surface area contributed by atoms with E-state index >= 15 is 0 Å². The van der Waals surface area contributed by atoms with Crippen LogP contribution in [0.25, 0.3) is 0 Å². The second-order valence-electron chi connectivity index (χ2n) is 2.92. The van der Waals surface area contributed by atoms with E-state index in [0.717, 1.165) is 17.6 Å². The number of hydrogen-bond donors (Lipinski definition) is 1. The van der Waals surface area contributed by atoms with Crippen molar-refractivity contribution in [2.45, 2.75) is 13.5 Å². The fourth-order valence-corrected chi connectivity index (χ4v) is 1.23. The lowest BCUT2D eigenvalue weighted by Gasteiger charge is -2.05. The summed E-state index contributed by atoms with van der Waals surface area (Å²) in [5.41, 5.74) is 2.50. The van der Waals surface area contributed by atoms with Crippen LogP contribution in [0.3, 0.4) is 0 Å². The van der Waals surface area contributed by atoms with Gasteiger partial charge in [-0.1, -0.05) is 22.5 Å². The van der Waals surface area contributed by atoms with Crippen LogP contribution in [0.4, 0.5) is 0 Å². The van der Waals surface area contributed by atoms with Crippen LogP contribution in [0.2, 0.25) is 0 Å². The zero-order valence-electron chi connectivity index (χ0n) is 7.68. The van der Waals surface area contributed by atoms with Gasteiger partial charge in [-0.25, -0.2) is 0 Å². The van der Waals surface area contributed by atoms with E-state index in [1.165, 1.54) is 11.1 Å². The van der Waals surface area contributed by atoms with Gasteiger partial charge >= 0.3 is 0 Å². The van der Waals surface area contributed by atoms with E-state index in [2.05, 4.69) is 39.7 Å². The number of pyridine rings is 1.